The summed E-state index contributed by atoms with van der Waals surface area (Å²) in [5, 5.41) is 0. The summed E-state index contributed by atoms with van der Waals surface area (Å²) in [6.07, 6.45) is -1.13. The normalized spacial score (nSPS) is 13.5. The van der Waals surface area contributed by atoms with E-state index < -0.39 is 42.1 Å². The van der Waals surface area contributed by atoms with Crippen LogP contribution in [-0.2, 0) is 35.0 Å². The molecule has 1 unspecified atom stereocenters. The van der Waals surface area contributed by atoms with Crippen LogP contribution in [0.15, 0.2) is 18.2 Å². The van der Waals surface area contributed by atoms with Gasteiger partial charge >= 0.3 is 24.1 Å². The molecular weight excluding hydrogens is 458 g/mol. The topological polar surface area (TPSA) is 140 Å². The van der Waals surface area contributed by atoms with E-state index in [0.717, 1.165) is 0 Å². The minimum absolute atomic E-state index is 0.0533. The summed E-state index contributed by atoms with van der Waals surface area (Å²) < 4.78 is 25.9. The van der Waals surface area contributed by atoms with Crippen molar-refractivity contribution in [1.82, 2.24) is 0 Å². The number of benzene rings is 1. The predicted molar refractivity (Wildman–Crippen MR) is 127 cm³/mol. The van der Waals surface area contributed by atoms with Crippen LogP contribution in [0.25, 0.3) is 0 Å². The van der Waals surface area contributed by atoms with Crippen LogP contribution >= 0.6 is 0 Å². The fraction of sp³-hybridized carbons (Fsp3) is 0.600. The Labute approximate surface area is 206 Å². The third-order valence-electron chi connectivity index (χ3n) is 4.76. The Morgan fingerprint density at radius 2 is 1.34 bits per heavy atom. The van der Waals surface area contributed by atoms with Crippen molar-refractivity contribution in [3.8, 4) is 11.5 Å². The molecule has 0 saturated heterocycles. The van der Waals surface area contributed by atoms with Crippen LogP contribution in [0, 0.1) is 11.8 Å². The molecule has 0 radical (unpaired) electrons. The van der Waals surface area contributed by atoms with Crippen molar-refractivity contribution in [3.05, 3.63) is 23.8 Å². The van der Waals surface area contributed by atoms with Gasteiger partial charge in [0.25, 0.3) is 0 Å². The van der Waals surface area contributed by atoms with Crippen molar-refractivity contribution in [2.24, 2.45) is 17.6 Å². The van der Waals surface area contributed by atoms with E-state index in [2.05, 4.69) is 0 Å². The molecule has 2 N–H and O–H groups in total. The Balaban J connectivity index is 2.79. The number of carbonyl (C=O) groups is 4. The smallest absolute Gasteiger partial charge is 0.461 e. The number of hydrogen-bond donors (Lipinski definition) is 1. The molecule has 0 aliphatic rings. The average molecular weight is 496 g/mol. The summed E-state index contributed by atoms with van der Waals surface area (Å²) in [6, 6.07) is 3.55. The summed E-state index contributed by atoms with van der Waals surface area (Å²) in [5.74, 6) is -2.33. The van der Waals surface area contributed by atoms with Crippen LogP contribution in [0.3, 0.4) is 0 Å². The predicted octanol–water partition coefficient (Wildman–Crippen LogP) is 3.56. The van der Waals surface area contributed by atoms with E-state index in [1.807, 2.05) is 6.92 Å². The number of ether oxygens (including phenoxy) is 5. The maximum atomic E-state index is 12.3. The number of hydrogen-bond acceptors (Lipinski definition) is 10. The van der Waals surface area contributed by atoms with E-state index in [1.165, 1.54) is 12.1 Å². The zero-order valence-electron chi connectivity index (χ0n) is 21.5. The minimum Gasteiger partial charge on any atom is -0.461 e. The van der Waals surface area contributed by atoms with Crippen molar-refractivity contribution >= 4 is 24.1 Å². The molecule has 0 amide bonds. The molecular formula is C25H37NO9. The Morgan fingerprint density at radius 1 is 0.800 bits per heavy atom. The van der Waals surface area contributed by atoms with E-state index in [-0.39, 0.29) is 36.5 Å². The quantitative estimate of drug-likeness (QED) is 0.338. The molecule has 35 heavy (non-hydrogen) atoms. The van der Waals surface area contributed by atoms with Crippen LogP contribution in [0.4, 0.5) is 4.79 Å². The van der Waals surface area contributed by atoms with E-state index in [0.29, 0.717) is 12.0 Å². The summed E-state index contributed by atoms with van der Waals surface area (Å²) in [4.78, 5) is 48.1. The lowest BCUT2D eigenvalue weighted by Crippen LogP contribution is -2.36. The molecule has 0 saturated carbocycles. The largest absolute Gasteiger partial charge is 0.508 e. The van der Waals surface area contributed by atoms with Gasteiger partial charge < -0.3 is 29.4 Å². The van der Waals surface area contributed by atoms with Gasteiger partial charge in [-0.1, -0.05) is 40.7 Å². The molecule has 0 heterocycles. The van der Waals surface area contributed by atoms with Crippen molar-refractivity contribution in [2.75, 3.05) is 6.61 Å². The zero-order valence-corrected chi connectivity index (χ0v) is 21.5. The lowest BCUT2D eigenvalue weighted by atomic mass is 10.1. The van der Waals surface area contributed by atoms with Gasteiger partial charge in [-0.25, -0.2) is 4.79 Å². The summed E-state index contributed by atoms with van der Waals surface area (Å²) in [7, 11) is 0. The fourth-order valence-corrected chi connectivity index (χ4v) is 2.41. The van der Waals surface area contributed by atoms with Crippen LogP contribution in [0.2, 0.25) is 0 Å². The van der Waals surface area contributed by atoms with Crippen molar-refractivity contribution in [2.45, 2.75) is 79.6 Å². The number of carbonyl (C=O) groups excluding carboxylic acids is 4. The van der Waals surface area contributed by atoms with Crippen LogP contribution in [0.5, 0.6) is 11.5 Å². The molecule has 10 heteroatoms. The number of rotatable bonds is 12. The van der Waals surface area contributed by atoms with Gasteiger partial charge in [-0.2, -0.15) is 0 Å². The lowest BCUT2D eigenvalue weighted by Gasteiger charge is -2.18. The van der Waals surface area contributed by atoms with Gasteiger partial charge in [0.05, 0.1) is 11.8 Å². The molecule has 0 spiro atoms. The highest BCUT2D eigenvalue weighted by Crippen LogP contribution is 2.30. The van der Waals surface area contributed by atoms with Gasteiger partial charge in [-0.3, -0.25) is 14.4 Å². The SMILES string of the molecule is CCC(C)OC(=O)O[C@@H](C)COC(=O)[C@@H](N)Cc1ccc(OC(=O)C(C)C)c(OC(=O)C(C)C)c1. The van der Waals surface area contributed by atoms with Gasteiger partial charge in [0.15, 0.2) is 11.5 Å². The van der Waals surface area contributed by atoms with Gasteiger partial charge in [0.1, 0.15) is 24.9 Å². The van der Waals surface area contributed by atoms with E-state index in [9.17, 15) is 19.2 Å². The first-order chi connectivity index (χ1) is 16.3. The Bertz CT molecular complexity index is 882. The molecule has 1 aromatic carbocycles. The van der Waals surface area contributed by atoms with Crippen molar-refractivity contribution in [1.29, 1.82) is 0 Å². The average Bonchev–Trinajstić information content (AvgIpc) is 2.78. The van der Waals surface area contributed by atoms with Crippen LogP contribution in [-0.4, -0.2) is 48.9 Å². The fourth-order valence-electron chi connectivity index (χ4n) is 2.41. The second-order valence-electron chi connectivity index (χ2n) is 8.89. The lowest BCUT2D eigenvalue weighted by molar-refractivity contribution is -0.148. The molecule has 0 aliphatic heterocycles. The summed E-state index contributed by atoms with van der Waals surface area (Å²) in [5.41, 5.74) is 6.54. The third kappa shape index (κ3) is 10.8. The van der Waals surface area contributed by atoms with Gasteiger partial charge in [0, 0.05) is 0 Å². The molecule has 3 atom stereocenters. The van der Waals surface area contributed by atoms with E-state index in [4.69, 9.17) is 29.4 Å². The van der Waals surface area contributed by atoms with Crippen LogP contribution < -0.4 is 15.2 Å². The third-order valence-corrected chi connectivity index (χ3v) is 4.76. The second kappa shape index (κ2) is 14.3. The van der Waals surface area contributed by atoms with Crippen molar-refractivity contribution < 1.29 is 42.9 Å². The molecule has 0 aliphatic carbocycles. The molecule has 1 aromatic rings. The first-order valence-corrected chi connectivity index (χ1v) is 11.7. The van der Waals surface area contributed by atoms with Crippen molar-refractivity contribution in [3.63, 3.8) is 0 Å². The monoisotopic (exact) mass is 495 g/mol. The first-order valence-electron chi connectivity index (χ1n) is 11.7. The highest BCUT2D eigenvalue weighted by molar-refractivity contribution is 5.78. The van der Waals surface area contributed by atoms with Gasteiger partial charge in [0.2, 0.25) is 0 Å². The molecule has 1 rings (SSSR count). The summed E-state index contributed by atoms with van der Waals surface area (Å²) in [6.45, 7) is 11.7. The Kier molecular flexibility index (Phi) is 12.2. The maximum Gasteiger partial charge on any atom is 0.508 e. The number of nitrogens with two attached hydrogens (primary N) is 1. The maximum absolute atomic E-state index is 12.3. The van der Waals surface area contributed by atoms with E-state index in [1.54, 1.807) is 47.6 Å². The standard InChI is InChI=1S/C25H37NO9/c1-8-16(6)32-25(30)33-17(7)13-31-24(29)19(26)11-18-9-10-20(34-22(27)14(2)3)21(12-18)35-23(28)15(4)5/h9-10,12,14-17,19H,8,11,13,26H2,1-7H3/t16?,17-,19-/m0/s1. The molecule has 196 valence electrons. The van der Waals surface area contributed by atoms with Gasteiger partial charge in [-0.15, -0.1) is 0 Å². The zero-order chi connectivity index (χ0) is 26.7. The van der Waals surface area contributed by atoms with Crippen LogP contribution in [0.1, 0.15) is 60.5 Å². The second-order valence-corrected chi connectivity index (χ2v) is 8.89. The minimum atomic E-state index is -1.04. The number of esters is 3. The molecule has 0 aromatic heterocycles. The molecule has 0 bridgehead atoms. The highest BCUT2D eigenvalue weighted by atomic mass is 16.7. The first kappa shape index (κ1) is 29.9. The summed E-state index contributed by atoms with van der Waals surface area (Å²) >= 11 is 0. The van der Waals surface area contributed by atoms with Gasteiger partial charge in [-0.05, 0) is 44.4 Å². The highest BCUT2D eigenvalue weighted by Gasteiger charge is 2.22. The molecule has 0 fully saturated rings. The van der Waals surface area contributed by atoms with E-state index >= 15 is 0 Å². The Morgan fingerprint density at radius 3 is 1.89 bits per heavy atom. The Hall–Kier alpha value is -3.14. The molecule has 10 nitrogen and oxygen atoms in total.